The number of hydrogen-bond donors (Lipinski definition) is 0. The number of carbonyl (C=O) groups excluding carboxylic acids is 2. The normalized spacial score (nSPS) is 10.1. The molecule has 4 aromatic rings. The maximum atomic E-state index is 12.4. The second kappa shape index (κ2) is 10.5. The minimum Gasteiger partial charge on any atom is -0.289 e. The van der Waals surface area contributed by atoms with Crippen molar-refractivity contribution < 1.29 is 9.59 Å². The van der Waals surface area contributed by atoms with Gasteiger partial charge in [-0.05, 0) is 38.8 Å². The Bertz CT molecular complexity index is 1180. The molecule has 2 nitrogen and oxygen atoms in total. The summed E-state index contributed by atoms with van der Waals surface area (Å²) in [7, 11) is 0. The molecule has 0 amide bonds. The van der Waals surface area contributed by atoms with Crippen molar-refractivity contribution >= 4 is 11.6 Å². The minimum atomic E-state index is 0.0793. The van der Waals surface area contributed by atoms with E-state index in [4.69, 9.17) is 0 Å². The van der Waals surface area contributed by atoms with Crippen molar-refractivity contribution in [2.24, 2.45) is 0 Å². The van der Waals surface area contributed by atoms with Crippen LogP contribution in [-0.2, 0) is 0 Å². The van der Waals surface area contributed by atoms with Gasteiger partial charge < -0.3 is 0 Å². The van der Waals surface area contributed by atoms with E-state index in [1.165, 1.54) is 11.1 Å². The number of rotatable bonds is 4. The molecule has 0 heterocycles. The maximum Gasteiger partial charge on any atom is 0.193 e. The van der Waals surface area contributed by atoms with Gasteiger partial charge in [-0.2, -0.15) is 0 Å². The molecule has 0 N–H and O–H groups in total. The number of carbonyl (C=O) groups is 2. The highest BCUT2D eigenvalue weighted by Gasteiger charge is 2.14. The van der Waals surface area contributed by atoms with Gasteiger partial charge in [0.15, 0.2) is 11.6 Å². The van der Waals surface area contributed by atoms with Gasteiger partial charge in [-0.1, -0.05) is 108 Å². The van der Waals surface area contributed by atoms with Crippen molar-refractivity contribution in [3.05, 3.63) is 142 Å². The van der Waals surface area contributed by atoms with E-state index < -0.39 is 0 Å². The summed E-state index contributed by atoms with van der Waals surface area (Å²) in [6.45, 7) is 8.06. The van der Waals surface area contributed by atoms with E-state index >= 15 is 0 Å². The largest absolute Gasteiger partial charge is 0.289 e. The Morgan fingerprint density at radius 1 is 0.469 bits per heavy atom. The topological polar surface area (TPSA) is 34.1 Å². The van der Waals surface area contributed by atoms with Gasteiger partial charge >= 0.3 is 0 Å². The molecule has 0 aliphatic rings. The molecule has 0 unspecified atom stereocenters. The molecule has 0 spiro atoms. The number of benzene rings is 4. The molecule has 32 heavy (non-hydrogen) atoms. The fourth-order valence-corrected chi connectivity index (χ4v) is 3.73. The summed E-state index contributed by atoms with van der Waals surface area (Å²) in [5, 5.41) is 0. The van der Waals surface area contributed by atoms with E-state index in [-0.39, 0.29) is 11.6 Å². The second-order valence-corrected chi connectivity index (χ2v) is 8.03. The van der Waals surface area contributed by atoms with Crippen LogP contribution in [0.1, 0.15) is 54.1 Å². The first-order valence-electron chi connectivity index (χ1n) is 10.7. The predicted molar refractivity (Wildman–Crippen MR) is 132 cm³/mol. The van der Waals surface area contributed by atoms with Gasteiger partial charge in [-0.15, -0.1) is 0 Å². The summed E-state index contributed by atoms with van der Waals surface area (Å²) in [6.07, 6.45) is 0. The number of hydrogen-bond acceptors (Lipinski definition) is 2. The molecule has 160 valence electrons. The Labute approximate surface area is 190 Å². The third kappa shape index (κ3) is 5.67. The summed E-state index contributed by atoms with van der Waals surface area (Å²) in [6, 6.07) is 30.5. The molecule has 0 atom stereocenters. The Morgan fingerprint density at radius 3 is 1.34 bits per heavy atom. The van der Waals surface area contributed by atoms with Crippen LogP contribution in [0.25, 0.3) is 0 Å². The highest BCUT2D eigenvalue weighted by atomic mass is 16.1. The highest BCUT2D eigenvalue weighted by Crippen LogP contribution is 2.20. The summed E-state index contributed by atoms with van der Waals surface area (Å²) in [5.41, 5.74) is 7.54. The standard InChI is InChI=1S/C16H16O.C14H12O/c1-11-9-12(2)15(13(3)10-11)16(17)14-7-5-4-6-8-14;1-11-7-9-13(10-8-11)14(15)12-5-3-2-4-6-12/h4-10H,1-3H3;2-10H,1H3. The van der Waals surface area contributed by atoms with Crippen LogP contribution in [0.4, 0.5) is 0 Å². The zero-order valence-corrected chi connectivity index (χ0v) is 19.1. The number of ketones is 2. The Balaban J connectivity index is 0.000000182. The third-order valence-corrected chi connectivity index (χ3v) is 5.29. The second-order valence-electron chi connectivity index (χ2n) is 8.03. The van der Waals surface area contributed by atoms with Crippen molar-refractivity contribution in [3.63, 3.8) is 0 Å². The van der Waals surface area contributed by atoms with E-state index in [9.17, 15) is 9.59 Å². The quantitative estimate of drug-likeness (QED) is 0.331. The van der Waals surface area contributed by atoms with Crippen LogP contribution in [0.15, 0.2) is 97.1 Å². The zero-order chi connectivity index (χ0) is 23.1. The van der Waals surface area contributed by atoms with Gasteiger partial charge in [-0.25, -0.2) is 0 Å². The summed E-state index contributed by atoms with van der Waals surface area (Å²) < 4.78 is 0. The first-order chi connectivity index (χ1) is 15.4. The fraction of sp³-hybridized carbons (Fsp3) is 0.133. The molecule has 0 fully saturated rings. The van der Waals surface area contributed by atoms with Crippen molar-refractivity contribution in [3.8, 4) is 0 Å². The van der Waals surface area contributed by atoms with Gasteiger partial charge in [0, 0.05) is 22.3 Å². The molecule has 0 radical (unpaired) electrons. The fourth-order valence-electron chi connectivity index (χ4n) is 3.73. The lowest BCUT2D eigenvalue weighted by Crippen LogP contribution is -2.06. The van der Waals surface area contributed by atoms with Crippen LogP contribution in [0.3, 0.4) is 0 Å². The minimum absolute atomic E-state index is 0.0793. The van der Waals surface area contributed by atoms with E-state index in [1.54, 1.807) is 0 Å². The Kier molecular flexibility index (Phi) is 7.51. The molecule has 0 aliphatic carbocycles. The average molecular weight is 421 g/mol. The maximum absolute atomic E-state index is 12.4. The van der Waals surface area contributed by atoms with Gasteiger partial charge in [0.05, 0.1) is 0 Å². The molecule has 4 rings (SSSR count). The lowest BCUT2D eigenvalue weighted by Gasteiger charge is -2.10. The van der Waals surface area contributed by atoms with Crippen molar-refractivity contribution in [1.82, 2.24) is 0 Å². The third-order valence-electron chi connectivity index (χ3n) is 5.29. The Hall–Kier alpha value is -3.78. The predicted octanol–water partition coefficient (Wildman–Crippen LogP) is 7.07. The molecule has 2 heteroatoms. The van der Waals surface area contributed by atoms with E-state index in [2.05, 4.69) is 19.1 Å². The van der Waals surface area contributed by atoms with Crippen molar-refractivity contribution in [1.29, 1.82) is 0 Å². The Morgan fingerprint density at radius 2 is 0.875 bits per heavy atom. The van der Waals surface area contributed by atoms with Gasteiger partial charge in [0.2, 0.25) is 0 Å². The molecule has 4 aromatic carbocycles. The molecule has 0 saturated carbocycles. The van der Waals surface area contributed by atoms with Gasteiger partial charge in [0.1, 0.15) is 0 Å². The van der Waals surface area contributed by atoms with Gasteiger partial charge in [-0.3, -0.25) is 9.59 Å². The van der Waals surface area contributed by atoms with Crippen LogP contribution in [0, 0.1) is 27.7 Å². The first-order valence-corrected chi connectivity index (χ1v) is 10.7. The summed E-state index contributed by atoms with van der Waals surface area (Å²) in [5.74, 6) is 0.191. The van der Waals surface area contributed by atoms with Crippen LogP contribution < -0.4 is 0 Å². The molecular formula is C30H28O2. The molecular weight excluding hydrogens is 392 g/mol. The summed E-state index contributed by atoms with van der Waals surface area (Å²) in [4.78, 5) is 24.4. The van der Waals surface area contributed by atoms with E-state index in [0.717, 1.165) is 33.4 Å². The van der Waals surface area contributed by atoms with Crippen molar-refractivity contribution in [2.75, 3.05) is 0 Å². The number of aryl methyl sites for hydroxylation is 4. The van der Waals surface area contributed by atoms with Crippen LogP contribution in [-0.4, -0.2) is 11.6 Å². The summed E-state index contributed by atoms with van der Waals surface area (Å²) >= 11 is 0. The van der Waals surface area contributed by atoms with E-state index in [0.29, 0.717) is 0 Å². The van der Waals surface area contributed by atoms with Crippen LogP contribution >= 0.6 is 0 Å². The molecule has 0 saturated heterocycles. The highest BCUT2D eigenvalue weighted by molar-refractivity contribution is 6.11. The van der Waals surface area contributed by atoms with Crippen LogP contribution in [0.5, 0.6) is 0 Å². The molecule has 0 aromatic heterocycles. The smallest absolute Gasteiger partial charge is 0.193 e. The lowest BCUT2D eigenvalue weighted by atomic mass is 9.93. The molecule has 0 bridgehead atoms. The SMILES string of the molecule is Cc1cc(C)c(C(=O)c2ccccc2)c(C)c1.Cc1ccc(C(=O)c2ccccc2)cc1. The van der Waals surface area contributed by atoms with E-state index in [1.807, 2.05) is 106 Å². The first kappa shape index (κ1) is 22.9. The van der Waals surface area contributed by atoms with Gasteiger partial charge in [0.25, 0.3) is 0 Å². The average Bonchev–Trinajstić information content (AvgIpc) is 2.80. The monoisotopic (exact) mass is 420 g/mol. The van der Waals surface area contributed by atoms with Crippen LogP contribution in [0.2, 0.25) is 0 Å². The lowest BCUT2D eigenvalue weighted by molar-refractivity contribution is 0.103. The molecule has 0 aliphatic heterocycles. The van der Waals surface area contributed by atoms with Crippen molar-refractivity contribution in [2.45, 2.75) is 27.7 Å². The zero-order valence-electron chi connectivity index (χ0n) is 19.1.